The number of benzene rings is 1. The summed E-state index contributed by atoms with van der Waals surface area (Å²) in [6, 6.07) is 7.16. The van der Waals surface area contributed by atoms with Crippen LogP contribution < -0.4 is 10.2 Å². The number of carbonyl (C=O) groups excluding carboxylic acids is 1. The predicted molar refractivity (Wildman–Crippen MR) is 112 cm³/mol. The fraction of sp³-hybridized carbons (Fsp3) is 0.318. The maximum absolute atomic E-state index is 13.8. The van der Waals surface area contributed by atoms with Crippen molar-refractivity contribution in [3.05, 3.63) is 75.3 Å². The monoisotopic (exact) mass is 444 g/mol. The van der Waals surface area contributed by atoms with E-state index in [0.29, 0.717) is 36.1 Å². The maximum Gasteiger partial charge on any atom is 0.416 e. The number of halogens is 3. The summed E-state index contributed by atoms with van der Waals surface area (Å²) in [5.41, 5.74) is 1.38. The second kappa shape index (κ2) is 7.05. The summed E-state index contributed by atoms with van der Waals surface area (Å²) in [5, 5.41) is 15.4. The molecule has 1 aromatic heterocycles. The van der Waals surface area contributed by atoms with Crippen molar-refractivity contribution in [2.75, 3.05) is 11.4 Å². The van der Waals surface area contributed by atoms with Crippen LogP contribution in [0.15, 0.2) is 74.4 Å². The molecule has 0 fully saturated rings. The van der Waals surface area contributed by atoms with Crippen molar-refractivity contribution in [3.8, 4) is 0 Å². The van der Waals surface area contributed by atoms with Gasteiger partial charge >= 0.3 is 6.18 Å². The van der Waals surface area contributed by atoms with Crippen LogP contribution in [0.4, 0.5) is 18.9 Å². The standard InChI is InChI=1S/C22H19F3N4OS/c1-2-21(13-4-3-5-14(10-13)22(23,24)25)16-11-26-28-19(16)27-17-6-8-29(20(30)18(17)21)15-7-9-31-12-15/h3-5,7,9-12,19,27H,2,6,8H2,1H3/t19?,21-/m0/s1. The molecule has 0 spiro atoms. The number of rotatable bonds is 3. The number of hydrogen-bond donors (Lipinski definition) is 1. The lowest BCUT2D eigenvalue weighted by Crippen LogP contribution is -2.54. The summed E-state index contributed by atoms with van der Waals surface area (Å²) >= 11 is 1.49. The minimum atomic E-state index is -4.48. The summed E-state index contributed by atoms with van der Waals surface area (Å²) in [6.45, 7) is 2.38. The molecule has 0 saturated carbocycles. The van der Waals surface area contributed by atoms with Crippen LogP contribution in [0.5, 0.6) is 0 Å². The molecule has 3 aliphatic rings. The van der Waals surface area contributed by atoms with Gasteiger partial charge in [-0.15, -0.1) is 0 Å². The van der Waals surface area contributed by atoms with Gasteiger partial charge in [0.05, 0.1) is 28.4 Å². The van der Waals surface area contributed by atoms with Gasteiger partial charge in [0.1, 0.15) is 0 Å². The Morgan fingerprint density at radius 2 is 2.16 bits per heavy atom. The smallest absolute Gasteiger partial charge is 0.362 e. The Balaban J connectivity index is 1.73. The SMILES string of the molecule is CC[C@]1(c2cccc(C(F)(F)F)c2)C2=CN=NC2NC2=C1C(=O)N(c1ccsc1)CC2. The minimum absolute atomic E-state index is 0.197. The second-order valence-electron chi connectivity index (χ2n) is 7.74. The van der Waals surface area contributed by atoms with Crippen molar-refractivity contribution < 1.29 is 18.0 Å². The number of alkyl halides is 3. The molecule has 0 aliphatic carbocycles. The molecule has 0 radical (unpaired) electrons. The Morgan fingerprint density at radius 3 is 2.87 bits per heavy atom. The molecule has 0 saturated heterocycles. The Bertz CT molecular complexity index is 1140. The number of amides is 1. The van der Waals surface area contributed by atoms with Gasteiger partial charge < -0.3 is 10.2 Å². The molecule has 160 valence electrons. The van der Waals surface area contributed by atoms with E-state index in [4.69, 9.17) is 0 Å². The number of thiophene rings is 1. The third-order valence-electron chi connectivity index (χ3n) is 6.28. The first-order chi connectivity index (χ1) is 14.9. The highest BCUT2D eigenvalue weighted by Crippen LogP contribution is 2.52. The zero-order valence-electron chi connectivity index (χ0n) is 16.6. The van der Waals surface area contributed by atoms with Crippen LogP contribution in [-0.4, -0.2) is 18.6 Å². The lowest BCUT2D eigenvalue weighted by molar-refractivity contribution is -0.137. The minimum Gasteiger partial charge on any atom is -0.362 e. The van der Waals surface area contributed by atoms with Crippen LogP contribution in [0.2, 0.25) is 0 Å². The first kappa shape index (κ1) is 20.0. The van der Waals surface area contributed by atoms with E-state index in [1.807, 2.05) is 23.8 Å². The molecule has 3 aliphatic heterocycles. The number of fused-ring (bicyclic) bond motifs is 1. The summed E-state index contributed by atoms with van der Waals surface area (Å²) in [6.07, 6.45) is -2.40. The first-order valence-electron chi connectivity index (χ1n) is 9.98. The van der Waals surface area contributed by atoms with E-state index in [2.05, 4.69) is 15.5 Å². The predicted octanol–water partition coefficient (Wildman–Crippen LogP) is 5.38. The van der Waals surface area contributed by atoms with Crippen LogP contribution in [0.1, 0.15) is 30.9 Å². The summed E-state index contributed by atoms with van der Waals surface area (Å²) < 4.78 is 40.6. The van der Waals surface area contributed by atoms with E-state index in [1.165, 1.54) is 17.4 Å². The molecule has 1 unspecified atom stereocenters. The average Bonchev–Trinajstić information content (AvgIpc) is 3.44. The summed E-state index contributed by atoms with van der Waals surface area (Å²) in [4.78, 5) is 15.5. The molecule has 2 atom stereocenters. The zero-order chi connectivity index (χ0) is 21.8. The van der Waals surface area contributed by atoms with Gasteiger partial charge in [-0.3, -0.25) is 4.79 Å². The third-order valence-corrected chi connectivity index (χ3v) is 6.95. The van der Waals surface area contributed by atoms with Crippen molar-refractivity contribution >= 4 is 22.9 Å². The van der Waals surface area contributed by atoms with Gasteiger partial charge in [0.25, 0.3) is 5.91 Å². The molecular weight excluding hydrogens is 425 g/mol. The zero-order valence-corrected chi connectivity index (χ0v) is 17.4. The molecule has 1 N–H and O–H groups in total. The van der Waals surface area contributed by atoms with Gasteiger partial charge in [-0.25, -0.2) is 0 Å². The molecule has 0 bridgehead atoms. The Kier molecular flexibility index (Phi) is 4.55. The quantitative estimate of drug-likeness (QED) is 0.691. The molecule has 5 rings (SSSR count). The van der Waals surface area contributed by atoms with Crippen molar-refractivity contribution in [1.82, 2.24) is 5.32 Å². The van der Waals surface area contributed by atoms with E-state index in [9.17, 15) is 18.0 Å². The van der Waals surface area contributed by atoms with Crippen LogP contribution in [0, 0.1) is 0 Å². The normalized spacial score (nSPS) is 25.3. The van der Waals surface area contributed by atoms with Crippen molar-refractivity contribution in [3.63, 3.8) is 0 Å². The third kappa shape index (κ3) is 2.94. The molecule has 9 heteroatoms. The molecule has 1 amide bonds. The highest BCUT2D eigenvalue weighted by molar-refractivity contribution is 7.08. The number of anilines is 1. The van der Waals surface area contributed by atoms with E-state index in [1.54, 1.807) is 17.2 Å². The fourth-order valence-electron chi connectivity index (χ4n) is 4.87. The van der Waals surface area contributed by atoms with Gasteiger partial charge in [-0.1, -0.05) is 25.1 Å². The van der Waals surface area contributed by atoms with Crippen molar-refractivity contribution in [2.24, 2.45) is 10.2 Å². The average molecular weight is 444 g/mol. The highest BCUT2D eigenvalue weighted by atomic mass is 32.1. The topological polar surface area (TPSA) is 57.1 Å². The molecule has 4 heterocycles. The number of carbonyl (C=O) groups is 1. The van der Waals surface area contributed by atoms with Crippen molar-refractivity contribution in [2.45, 2.75) is 37.5 Å². The van der Waals surface area contributed by atoms with Crippen LogP contribution in [-0.2, 0) is 16.4 Å². The molecule has 5 nitrogen and oxygen atoms in total. The molecule has 2 aromatic rings. The van der Waals surface area contributed by atoms with Crippen LogP contribution in [0.3, 0.4) is 0 Å². The van der Waals surface area contributed by atoms with E-state index < -0.39 is 23.3 Å². The highest BCUT2D eigenvalue weighted by Gasteiger charge is 2.53. The van der Waals surface area contributed by atoms with E-state index >= 15 is 0 Å². The second-order valence-corrected chi connectivity index (χ2v) is 8.52. The van der Waals surface area contributed by atoms with Gasteiger partial charge in [0.15, 0.2) is 6.17 Å². The lowest BCUT2D eigenvalue weighted by atomic mass is 9.62. The van der Waals surface area contributed by atoms with Gasteiger partial charge in [0, 0.05) is 29.6 Å². The lowest BCUT2D eigenvalue weighted by Gasteiger charge is -2.47. The Hall–Kier alpha value is -2.94. The van der Waals surface area contributed by atoms with E-state index in [-0.39, 0.29) is 5.91 Å². The fourth-order valence-corrected chi connectivity index (χ4v) is 5.51. The number of nitrogens with zero attached hydrogens (tertiary/aromatic N) is 3. The summed E-state index contributed by atoms with van der Waals surface area (Å²) in [7, 11) is 0. The van der Waals surface area contributed by atoms with Gasteiger partial charge in [-0.05, 0) is 29.5 Å². The maximum atomic E-state index is 13.8. The number of hydrogen-bond acceptors (Lipinski definition) is 5. The Morgan fingerprint density at radius 1 is 1.32 bits per heavy atom. The molecular formula is C22H19F3N4OS. The van der Waals surface area contributed by atoms with Crippen molar-refractivity contribution in [1.29, 1.82) is 0 Å². The van der Waals surface area contributed by atoms with E-state index in [0.717, 1.165) is 23.5 Å². The van der Waals surface area contributed by atoms with Crippen LogP contribution >= 0.6 is 11.3 Å². The summed E-state index contributed by atoms with van der Waals surface area (Å²) in [5.74, 6) is -0.197. The van der Waals surface area contributed by atoms with Gasteiger partial charge in [-0.2, -0.15) is 34.7 Å². The largest absolute Gasteiger partial charge is 0.416 e. The van der Waals surface area contributed by atoms with Crippen LogP contribution in [0.25, 0.3) is 0 Å². The first-order valence-corrected chi connectivity index (χ1v) is 10.9. The molecule has 31 heavy (non-hydrogen) atoms. The van der Waals surface area contributed by atoms with Gasteiger partial charge in [0.2, 0.25) is 0 Å². The Labute approximate surface area is 181 Å². The number of nitrogens with one attached hydrogen (secondary N) is 1. The molecule has 1 aromatic carbocycles. The number of azo groups is 1.